The Kier molecular flexibility index (Phi) is 4.33. The number of rotatable bonds is 4. The molecule has 0 N–H and O–H groups in total. The fraction of sp³-hybridized carbons (Fsp3) is 0.278. The third-order valence-corrected chi connectivity index (χ3v) is 3.65. The zero-order chi connectivity index (χ0) is 14.7. The molecule has 2 rings (SSSR count). The fourth-order valence-electron chi connectivity index (χ4n) is 2.55. The van der Waals surface area contributed by atoms with Crippen molar-refractivity contribution in [3.05, 3.63) is 70.5 Å². The van der Waals surface area contributed by atoms with Gasteiger partial charge in [-0.3, -0.25) is 4.79 Å². The lowest BCUT2D eigenvalue weighted by Gasteiger charge is -2.15. The van der Waals surface area contributed by atoms with Crippen LogP contribution >= 0.6 is 0 Å². The highest BCUT2D eigenvalue weighted by Crippen LogP contribution is 2.26. The van der Waals surface area contributed by atoms with Crippen LogP contribution in [0.3, 0.4) is 0 Å². The zero-order valence-electron chi connectivity index (χ0n) is 12.1. The van der Waals surface area contributed by atoms with Crippen LogP contribution in [0.25, 0.3) is 0 Å². The predicted molar refractivity (Wildman–Crippen MR) is 79.7 cm³/mol. The van der Waals surface area contributed by atoms with Gasteiger partial charge in [-0.25, -0.2) is 4.39 Å². The second kappa shape index (κ2) is 6.00. The average molecular weight is 270 g/mol. The lowest BCUT2D eigenvalue weighted by molar-refractivity contribution is 0.0957. The van der Waals surface area contributed by atoms with E-state index in [4.69, 9.17) is 0 Å². The quantitative estimate of drug-likeness (QED) is 0.728. The van der Waals surface area contributed by atoms with Crippen LogP contribution in [0.1, 0.15) is 46.3 Å². The summed E-state index contributed by atoms with van der Waals surface area (Å²) >= 11 is 0. The molecular weight excluding hydrogens is 251 g/mol. The molecule has 2 aromatic rings. The highest BCUT2D eigenvalue weighted by Gasteiger charge is 2.21. The molecule has 1 unspecified atom stereocenters. The lowest BCUT2D eigenvalue weighted by Crippen LogP contribution is -2.13. The Balaban J connectivity index is 2.39. The van der Waals surface area contributed by atoms with Crippen molar-refractivity contribution in [2.75, 3.05) is 0 Å². The number of aryl methyl sites for hydroxylation is 2. The van der Waals surface area contributed by atoms with Crippen LogP contribution in [-0.4, -0.2) is 5.78 Å². The number of ketones is 1. The summed E-state index contributed by atoms with van der Waals surface area (Å²) in [7, 11) is 0. The van der Waals surface area contributed by atoms with Crippen LogP contribution in [0, 0.1) is 19.7 Å². The van der Waals surface area contributed by atoms with Gasteiger partial charge in [0, 0.05) is 11.5 Å². The summed E-state index contributed by atoms with van der Waals surface area (Å²) in [4.78, 5) is 12.7. The van der Waals surface area contributed by atoms with Crippen LogP contribution in [0.5, 0.6) is 0 Å². The van der Waals surface area contributed by atoms with Gasteiger partial charge in [-0.05, 0) is 49.1 Å². The summed E-state index contributed by atoms with van der Waals surface area (Å²) in [5, 5.41) is 0. The van der Waals surface area contributed by atoms with Crippen molar-refractivity contribution < 1.29 is 9.18 Å². The molecule has 0 aliphatic rings. The van der Waals surface area contributed by atoms with E-state index in [1.54, 1.807) is 26.0 Å². The third kappa shape index (κ3) is 2.79. The first-order valence-corrected chi connectivity index (χ1v) is 6.90. The Labute approximate surface area is 119 Å². The van der Waals surface area contributed by atoms with Gasteiger partial charge in [-0.2, -0.15) is 0 Å². The van der Waals surface area contributed by atoms with Gasteiger partial charge < -0.3 is 0 Å². The maximum Gasteiger partial charge on any atom is 0.170 e. The van der Waals surface area contributed by atoms with Gasteiger partial charge in [0.05, 0.1) is 0 Å². The minimum atomic E-state index is -0.227. The molecule has 104 valence electrons. The van der Waals surface area contributed by atoms with Crippen molar-refractivity contribution in [1.82, 2.24) is 0 Å². The van der Waals surface area contributed by atoms with Crippen LogP contribution in [0.2, 0.25) is 0 Å². The summed E-state index contributed by atoms with van der Waals surface area (Å²) in [6.07, 6.45) is 0.734. The molecule has 2 heteroatoms. The predicted octanol–water partition coefficient (Wildman–Crippen LogP) is 4.82. The molecule has 0 saturated heterocycles. The number of Topliss-reactive ketones (excluding diaryl/α,β-unsaturated/α-hetero) is 1. The monoisotopic (exact) mass is 270 g/mol. The minimum Gasteiger partial charge on any atom is -0.293 e. The Hall–Kier alpha value is -1.96. The van der Waals surface area contributed by atoms with Crippen LogP contribution in [0.15, 0.2) is 42.5 Å². The number of carbonyl (C=O) groups is 1. The van der Waals surface area contributed by atoms with Gasteiger partial charge in [-0.15, -0.1) is 0 Å². The maximum absolute atomic E-state index is 13.7. The molecule has 0 aliphatic carbocycles. The van der Waals surface area contributed by atoms with Crippen molar-refractivity contribution in [2.24, 2.45) is 0 Å². The van der Waals surface area contributed by atoms with E-state index in [1.165, 1.54) is 0 Å². The fourth-order valence-corrected chi connectivity index (χ4v) is 2.55. The van der Waals surface area contributed by atoms with Gasteiger partial charge in [0.15, 0.2) is 5.78 Å². The van der Waals surface area contributed by atoms with Gasteiger partial charge in [0.2, 0.25) is 0 Å². The summed E-state index contributed by atoms with van der Waals surface area (Å²) < 4.78 is 13.7. The van der Waals surface area contributed by atoms with E-state index in [0.717, 1.165) is 12.0 Å². The molecule has 2 aromatic carbocycles. The van der Waals surface area contributed by atoms with Crippen LogP contribution in [-0.2, 0) is 0 Å². The van der Waals surface area contributed by atoms with E-state index < -0.39 is 0 Å². The Morgan fingerprint density at radius 2 is 1.65 bits per heavy atom. The Morgan fingerprint density at radius 3 is 2.15 bits per heavy atom. The highest BCUT2D eigenvalue weighted by molar-refractivity contribution is 6.01. The molecule has 0 aromatic heterocycles. The molecule has 0 bridgehead atoms. The Bertz CT molecular complexity index is 594. The van der Waals surface area contributed by atoms with Gasteiger partial charge in [0.1, 0.15) is 5.82 Å². The number of halogens is 1. The molecule has 0 aliphatic heterocycles. The van der Waals surface area contributed by atoms with Gasteiger partial charge in [-0.1, -0.05) is 37.3 Å². The molecule has 0 amide bonds. The van der Waals surface area contributed by atoms with E-state index >= 15 is 0 Å². The summed E-state index contributed by atoms with van der Waals surface area (Å²) in [6, 6.07) is 13.0. The van der Waals surface area contributed by atoms with Crippen molar-refractivity contribution >= 4 is 5.78 Å². The Morgan fingerprint density at radius 1 is 1.10 bits per heavy atom. The SMILES string of the molecule is CCC(C(=O)c1cc(C)c(F)c(C)c1)c1ccccc1. The topological polar surface area (TPSA) is 17.1 Å². The number of hydrogen-bond acceptors (Lipinski definition) is 1. The van der Waals surface area contributed by atoms with E-state index in [2.05, 4.69) is 0 Å². The lowest BCUT2D eigenvalue weighted by atomic mass is 9.87. The zero-order valence-corrected chi connectivity index (χ0v) is 12.1. The standard InChI is InChI=1S/C18H19FO/c1-4-16(14-8-6-5-7-9-14)18(20)15-10-12(2)17(19)13(3)11-15/h5-11,16H,4H2,1-3H3. The largest absolute Gasteiger partial charge is 0.293 e. The van der Waals surface area contributed by atoms with Crippen molar-refractivity contribution in [3.8, 4) is 0 Å². The molecule has 20 heavy (non-hydrogen) atoms. The number of benzene rings is 2. The highest BCUT2D eigenvalue weighted by atomic mass is 19.1. The van der Waals surface area contributed by atoms with E-state index in [0.29, 0.717) is 16.7 Å². The average Bonchev–Trinajstić information content (AvgIpc) is 2.46. The number of carbonyl (C=O) groups excluding carboxylic acids is 1. The van der Waals surface area contributed by atoms with E-state index in [1.807, 2.05) is 37.3 Å². The molecule has 0 fully saturated rings. The first kappa shape index (κ1) is 14.4. The van der Waals surface area contributed by atoms with Gasteiger partial charge >= 0.3 is 0 Å². The molecule has 0 saturated carbocycles. The first-order chi connectivity index (χ1) is 9.54. The van der Waals surface area contributed by atoms with Crippen LogP contribution < -0.4 is 0 Å². The normalized spacial score (nSPS) is 12.2. The summed E-state index contributed by atoms with van der Waals surface area (Å²) in [6.45, 7) is 5.39. The maximum atomic E-state index is 13.7. The molecule has 0 spiro atoms. The molecular formula is C18H19FO. The van der Waals surface area contributed by atoms with Crippen molar-refractivity contribution in [1.29, 1.82) is 0 Å². The summed E-state index contributed by atoms with van der Waals surface area (Å²) in [5.41, 5.74) is 2.66. The second-order valence-electron chi connectivity index (χ2n) is 5.16. The minimum absolute atomic E-state index is 0.0601. The molecule has 0 radical (unpaired) electrons. The van der Waals surface area contributed by atoms with E-state index in [-0.39, 0.29) is 17.5 Å². The molecule has 1 nitrogen and oxygen atoms in total. The van der Waals surface area contributed by atoms with Gasteiger partial charge in [0.25, 0.3) is 0 Å². The third-order valence-electron chi connectivity index (χ3n) is 3.65. The smallest absolute Gasteiger partial charge is 0.170 e. The van der Waals surface area contributed by atoms with Crippen molar-refractivity contribution in [2.45, 2.75) is 33.1 Å². The molecule has 0 heterocycles. The first-order valence-electron chi connectivity index (χ1n) is 6.90. The van der Waals surface area contributed by atoms with E-state index in [9.17, 15) is 9.18 Å². The summed E-state index contributed by atoms with van der Waals surface area (Å²) in [5.74, 6) is -0.334. The molecule has 1 atom stereocenters. The van der Waals surface area contributed by atoms with Crippen molar-refractivity contribution in [3.63, 3.8) is 0 Å². The number of hydrogen-bond donors (Lipinski definition) is 0. The second-order valence-corrected chi connectivity index (χ2v) is 5.16. The van der Waals surface area contributed by atoms with Crippen LogP contribution in [0.4, 0.5) is 4.39 Å².